The highest BCUT2D eigenvalue weighted by molar-refractivity contribution is 4.53. The van der Waals surface area contributed by atoms with Crippen LogP contribution >= 0.6 is 0 Å². The topological polar surface area (TPSA) is 24.1 Å². The van der Waals surface area contributed by atoms with E-state index >= 15 is 0 Å². The largest absolute Gasteiger partial charge is 0.320 e. The van der Waals surface area contributed by atoms with Gasteiger partial charge in [0.05, 0.1) is 0 Å². The monoisotopic (exact) mass is 438 g/mol. The van der Waals surface area contributed by atoms with E-state index in [9.17, 15) is 0 Å². The number of hydrogen-bond donors (Lipinski definition) is 2. The molecule has 2 N–H and O–H groups in total. The molecule has 0 aromatic carbocycles. The molecule has 0 heterocycles. The molecule has 31 heavy (non-hydrogen) atoms. The maximum absolute atomic E-state index is 3.58. The second-order valence-corrected chi connectivity index (χ2v) is 9.99. The van der Waals surface area contributed by atoms with E-state index in [2.05, 4.69) is 17.6 Å². The molecule has 0 spiro atoms. The molecule has 188 valence electrons. The van der Waals surface area contributed by atoms with E-state index in [1.165, 1.54) is 167 Å². The van der Waals surface area contributed by atoms with Crippen molar-refractivity contribution in [2.24, 2.45) is 0 Å². The number of nitrogens with one attached hydrogen (secondary N) is 2. The van der Waals surface area contributed by atoms with Crippen molar-refractivity contribution < 1.29 is 0 Å². The lowest BCUT2D eigenvalue weighted by atomic mass is 10.0. The van der Waals surface area contributed by atoms with Gasteiger partial charge in [-0.15, -0.1) is 0 Å². The van der Waals surface area contributed by atoms with Crippen molar-refractivity contribution in [3.63, 3.8) is 0 Å². The Morgan fingerprint density at radius 2 is 0.581 bits per heavy atom. The Bertz CT molecular complexity index is 264. The van der Waals surface area contributed by atoms with Gasteiger partial charge in [0.2, 0.25) is 0 Å². The summed E-state index contributed by atoms with van der Waals surface area (Å²) in [4.78, 5) is 0. The number of unbranched alkanes of at least 4 members (excludes halogenated alkanes) is 22. The molecule has 0 aromatic heterocycles. The molecule has 0 saturated heterocycles. The molecule has 0 aliphatic rings. The summed E-state index contributed by atoms with van der Waals surface area (Å²) in [6, 6.07) is 0. The van der Waals surface area contributed by atoms with Crippen LogP contribution in [0.15, 0.2) is 0 Å². The Labute approximate surface area is 198 Å². The molecule has 0 unspecified atom stereocenters. The predicted molar refractivity (Wildman–Crippen MR) is 143 cm³/mol. The lowest BCUT2D eigenvalue weighted by molar-refractivity contribution is 0.516. The zero-order valence-electron chi connectivity index (χ0n) is 22.1. The number of hydrogen-bond acceptors (Lipinski definition) is 2. The van der Waals surface area contributed by atoms with Gasteiger partial charge >= 0.3 is 0 Å². The average Bonchev–Trinajstić information content (AvgIpc) is 2.78. The van der Waals surface area contributed by atoms with Gasteiger partial charge < -0.3 is 10.6 Å². The molecule has 0 aliphatic heterocycles. The second-order valence-electron chi connectivity index (χ2n) is 9.99. The Balaban J connectivity index is 2.98. The molecule has 0 rings (SSSR count). The first-order valence-electron chi connectivity index (χ1n) is 14.8. The van der Waals surface area contributed by atoms with Crippen molar-refractivity contribution in [1.29, 1.82) is 0 Å². The molecule has 0 amide bonds. The maximum atomic E-state index is 3.58. The molecule has 0 bridgehead atoms. The van der Waals surface area contributed by atoms with E-state index in [1.807, 2.05) is 7.05 Å². The normalized spacial score (nSPS) is 11.4. The van der Waals surface area contributed by atoms with Gasteiger partial charge in [0.15, 0.2) is 0 Å². The lowest BCUT2D eigenvalue weighted by Crippen LogP contribution is -2.18. The molecular formula is C29H62N2. The van der Waals surface area contributed by atoms with Crippen molar-refractivity contribution >= 4 is 0 Å². The first-order valence-corrected chi connectivity index (χ1v) is 14.8. The summed E-state index contributed by atoms with van der Waals surface area (Å²) in [6.45, 7) is 5.87. The van der Waals surface area contributed by atoms with E-state index in [-0.39, 0.29) is 0 Å². The summed E-state index contributed by atoms with van der Waals surface area (Å²) < 4.78 is 0. The van der Waals surface area contributed by atoms with Crippen molar-refractivity contribution in [2.45, 2.75) is 161 Å². The maximum Gasteiger partial charge on any atom is -0.00484 e. The third-order valence-corrected chi connectivity index (χ3v) is 6.74. The van der Waals surface area contributed by atoms with Gasteiger partial charge in [0.1, 0.15) is 0 Å². The first kappa shape index (κ1) is 30.9. The molecule has 2 nitrogen and oxygen atoms in total. The fraction of sp³-hybridized carbons (Fsp3) is 1.00. The summed E-state index contributed by atoms with van der Waals surface area (Å²) in [5.74, 6) is 0. The Kier molecular flexibility index (Phi) is 29.8. The zero-order chi connectivity index (χ0) is 22.5. The van der Waals surface area contributed by atoms with Gasteiger partial charge in [-0.1, -0.05) is 142 Å². The molecule has 0 atom stereocenters. The quantitative estimate of drug-likeness (QED) is 0.119. The van der Waals surface area contributed by atoms with Crippen LogP contribution in [0.1, 0.15) is 161 Å². The fourth-order valence-corrected chi connectivity index (χ4v) is 4.54. The fourth-order valence-electron chi connectivity index (χ4n) is 4.54. The van der Waals surface area contributed by atoms with Gasteiger partial charge in [-0.2, -0.15) is 0 Å². The first-order chi connectivity index (χ1) is 15.4. The molecule has 0 fully saturated rings. The van der Waals surface area contributed by atoms with Gasteiger partial charge in [-0.25, -0.2) is 0 Å². The zero-order valence-corrected chi connectivity index (χ0v) is 22.1. The van der Waals surface area contributed by atoms with E-state index in [1.54, 1.807) is 0 Å². The third kappa shape index (κ3) is 29.9. The van der Waals surface area contributed by atoms with Crippen LogP contribution in [0.5, 0.6) is 0 Å². The van der Waals surface area contributed by atoms with Gasteiger partial charge in [-0.05, 0) is 45.9 Å². The van der Waals surface area contributed by atoms with E-state index in [4.69, 9.17) is 0 Å². The third-order valence-electron chi connectivity index (χ3n) is 6.74. The lowest BCUT2D eigenvalue weighted by Gasteiger charge is -2.05. The summed E-state index contributed by atoms with van der Waals surface area (Å²) in [7, 11) is 2.04. The molecule has 0 aromatic rings. The van der Waals surface area contributed by atoms with Crippen LogP contribution < -0.4 is 10.6 Å². The van der Waals surface area contributed by atoms with E-state index < -0.39 is 0 Å². The van der Waals surface area contributed by atoms with Gasteiger partial charge in [0.25, 0.3) is 0 Å². The highest BCUT2D eigenvalue weighted by Gasteiger charge is 1.96. The molecule has 0 aliphatic carbocycles. The van der Waals surface area contributed by atoms with Crippen molar-refractivity contribution in [3.05, 3.63) is 0 Å². The highest BCUT2D eigenvalue weighted by atomic mass is 14.8. The summed E-state index contributed by atoms with van der Waals surface area (Å²) in [5, 5.41) is 6.79. The Morgan fingerprint density at radius 3 is 0.903 bits per heavy atom. The van der Waals surface area contributed by atoms with Crippen LogP contribution in [-0.4, -0.2) is 26.7 Å². The van der Waals surface area contributed by atoms with Crippen LogP contribution in [0.4, 0.5) is 0 Å². The minimum atomic E-state index is 1.15. The van der Waals surface area contributed by atoms with Crippen LogP contribution in [-0.2, 0) is 0 Å². The van der Waals surface area contributed by atoms with Crippen LogP contribution in [0.3, 0.4) is 0 Å². The molecule has 0 radical (unpaired) electrons. The Hall–Kier alpha value is -0.0800. The average molecular weight is 439 g/mol. The molecular weight excluding hydrogens is 376 g/mol. The van der Waals surface area contributed by atoms with Crippen LogP contribution in [0.25, 0.3) is 0 Å². The van der Waals surface area contributed by atoms with Crippen LogP contribution in [0, 0.1) is 0 Å². The number of rotatable bonds is 28. The highest BCUT2D eigenvalue weighted by Crippen LogP contribution is 2.15. The van der Waals surface area contributed by atoms with Gasteiger partial charge in [-0.3, -0.25) is 0 Å². The van der Waals surface area contributed by atoms with Crippen molar-refractivity contribution in [2.75, 3.05) is 26.7 Å². The second kappa shape index (κ2) is 29.9. The van der Waals surface area contributed by atoms with Crippen LogP contribution in [0.2, 0.25) is 0 Å². The summed E-state index contributed by atoms with van der Waals surface area (Å²) >= 11 is 0. The Morgan fingerprint density at radius 1 is 0.323 bits per heavy atom. The van der Waals surface area contributed by atoms with E-state index in [0.717, 1.165) is 6.54 Å². The van der Waals surface area contributed by atoms with Crippen molar-refractivity contribution in [3.8, 4) is 0 Å². The van der Waals surface area contributed by atoms with Crippen molar-refractivity contribution in [1.82, 2.24) is 10.6 Å². The minimum Gasteiger partial charge on any atom is -0.320 e. The minimum absolute atomic E-state index is 1.15. The summed E-state index contributed by atoms with van der Waals surface area (Å²) in [6.07, 6.45) is 34.8. The standard InChI is InChI=1S/C29H62N2/c1-3-4-5-6-7-8-9-10-11-12-13-14-15-16-17-18-19-20-21-22-23-24-28-31-29-26-25-27-30-2/h30-31H,3-29H2,1-2H3. The smallest absolute Gasteiger partial charge is 0.00484 e. The SMILES string of the molecule is CCCCCCCCCCCCCCCCCCCCCCCCNCCCCNC. The molecule has 2 heteroatoms. The summed E-state index contributed by atoms with van der Waals surface area (Å²) in [5.41, 5.74) is 0. The van der Waals surface area contributed by atoms with E-state index in [0.29, 0.717) is 0 Å². The molecule has 0 saturated carbocycles. The predicted octanol–water partition coefficient (Wildman–Crippen LogP) is 9.18. The van der Waals surface area contributed by atoms with Gasteiger partial charge in [0, 0.05) is 0 Å².